The zero-order chi connectivity index (χ0) is 16.0. The largest absolute Gasteiger partial charge is 0.322 e. The van der Waals surface area contributed by atoms with Gasteiger partial charge < -0.3 is 5.32 Å². The average molecular weight is 324 g/mol. The van der Waals surface area contributed by atoms with Crippen molar-refractivity contribution in [3.05, 3.63) is 30.3 Å². The van der Waals surface area contributed by atoms with E-state index in [2.05, 4.69) is 20.5 Å². The van der Waals surface area contributed by atoms with E-state index in [1.807, 2.05) is 0 Å². The number of benzene rings is 1. The summed E-state index contributed by atoms with van der Waals surface area (Å²) in [5.41, 5.74) is 0.403. The molecule has 1 fully saturated rings. The maximum absolute atomic E-state index is 14.1. The summed E-state index contributed by atoms with van der Waals surface area (Å²) in [5, 5.41) is 8.62. The Labute approximate surface area is 125 Å². The van der Waals surface area contributed by atoms with E-state index in [-0.39, 0.29) is 18.5 Å². The average Bonchev–Trinajstić information content (AvgIpc) is 3.10. The third-order valence-electron chi connectivity index (χ3n) is 3.73. The predicted molar refractivity (Wildman–Crippen MR) is 77.2 cm³/mol. The highest BCUT2D eigenvalue weighted by molar-refractivity contribution is 7.93. The van der Waals surface area contributed by atoms with Crippen molar-refractivity contribution in [1.82, 2.24) is 15.2 Å². The van der Waals surface area contributed by atoms with E-state index in [0.29, 0.717) is 11.4 Å². The van der Waals surface area contributed by atoms with Gasteiger partial charge in [-0.2, -0.15) is 5.10 Å². The number of halogens is 1. The number of sulfone groups is 1. The summed E-state index contributed by atoms with van der Waals surface area (Å²) in [7, 11) is -3.52. The molecule has 7 nitrogen and oxygen atoms in total. The van der Waals surface area contributed by atoms with Crippen LogP contribution in [-0.4, -0.2) is 40.5 Å². The fourth-order valence-corrected chi connectivity index (χ4v) is 3.46. The quantitative estimate of drug-likeness (QED) is 0.877. The third kappa shape index (κ3) is 2.37. The first-order chi connectivity index (χ1) is 10.3. The topological polar surface area (TPSA) is 105 Å². The number of H-pyrrole nitrogens is 1. The van der Waals surface area contributed by atoms with Gasteiger partial charge in [0.1, 0.15) is 12.1 Å². The highest BCUT2D eigenvalue weighted by Gasteiger charge is 2.58. The van der Waals surface area contributed by atoms with Crippen LogP contribution in [0, 0.1) is 5.82 Å². The molecule has 1 aliphatic carbocycles. The molecular weight excluding hydrogens is 311 g/mol. The zero-order valence-corrected chi connectivity index (χ0v) is 12.4. The van der Waals surface area contributed by atoms with E-state index < -0.39 is 26.3 Å². The summed E-state index contributed by atoms with van der Waals surface area (Å²) >= 11 is 0. The van der Waals surface area contributed by atoms with E-state index in [1.165, 1.54) is 18.5 Å². The summed E-state index contributed by atoms with van der Waals surface area (Å²) in [6, 6.07) is 4.11. The van der Waals surface area contributed by atoms with Gasteiger partial charge >= 0.3 is 0 Å². The Morgan fingerprint density at radius 1 is 1.41 bits per heavy atom. The Morgan fingerprint density at radius 2 is 2.14 bits per heavy atom. The van der Waals surface area contributed by atoms with Crippen LogP contribution in [0.4, 0.5) is 10.1 Å². The molecule has 1 amide bonds. The lowest BCUT2D eigenvalue weighted by Gasteiger charge is -2.14. The number of aromatic nitrogens is 3. The predicted octanol–water partition coefficient (Wildman–Crippen LogP) is 1.13. The number of carbonyl (C=O) groups is 1. The van der Waals surface area contributed by atoms with E-state index in [1.54, 1.807) is 6.07 Å². The van der Waals surface area contributed by atoms with E-state index in [4.69, 9.17) is 0 Å². The Morgan fingerprint density at radius 3 is 2.64 bits per heavy atom. The third-order valence-corrected chi connectivity index (χ3v) is 5.75. The molecule has 0 spiro atoms. The van der Waals surface area contributed by atoms with Crippen LogP contribution < -0.4 is 5.32 Å². The van der Waals surface area contributed by atoms with Crippen LogP contribution in [0.3, 0.4) is 0 Å². The lowest BCUT2D eigenvalue weighted by molar-refractivity contribution is -0.116. The van der Waals surface area contributed by atoms with Crippen molar-refractivity contribution >= 4 is 21.4 Å². The van der Waals surface area contributed by atoms with Crippen LogP contribution in [0.25, 0.3) is 11.4 Å². The number of carbonyl (C=O) groups excluding carboxylic acids is 1. The standard InChI is InChI=1S/C13H13FN4O3S/c1-22(20,21)13(4-5-13)12(19)17-10-3-2-8(6-9(10)14)11-15-7-16-18-11/h2-3,6-7H,4-5H2,1H3,(H,17,19)(H,15,16,18). The monoisotopic (exact) mass is 324 g/mol. The van der Waals surface area contributed by atoms with E-state index >= 15 is 0 Å². The van der Waals surface area contributed by atoms with Crippen molar-refractivity contribution in [1.29, 1.82) is 0 Å². The second kappa shape index (κ2) is 4.87. The number of nitrogens with one attached hydrogen (secondary N) is 2. The first-order valence-corrected chi connectivity index (χ1v) is 8.39. The fraction of sp³-hybridized carbons (Fsp3) is 0.308. The van der Waals surface area contributed by atoms with Gasteiger partial charge in [0.15, 0.2) is 20.4 Å². The molecule has 0 bridgehead atoms. The minimum Gasteiger partial charge on any atom is -0.322 e. The summed E-state index contributed by atoms with van der Waals surface area (Å²) < 4.78 is 36.0. The Kier molecular flexibility index (Phi) is 3.24. The van der Waals surface area contributed by atoms with Gasteiger partial charge in [-0.25, -0.2) is 17.8 Å². The molecule has 0 radical (unpaired) electrons. The first kappa shape index (κ1) is 14.6. The number of nitrogens with zero attached hydrogens (tertiary/aromatic N) is 2. The summed E-state index contributed by atoms with van der Waals surface area (Å²) in [4.78, 5) is 16.0. The smallest absolute Gasteiger partial charge is 0.245 e. The minimum atomic E-state index is -3.52. The molecule has 22 heavy (non-hydrogen) atoms. The Bertz CT molecular complexity index is 829. The lowest BCUT2D eigenvalue weighted by Crippen LogP contribution is -2.36. The first-order valence-electron chi connectivity index (χ1n) is 6.50. The number of anilines is 1. The number of rotatable bonds is 4. The molecule has 116 valence electrons. The van der Waals surface area contributed by atoms with Crippen LogP contribution in [0.2, 0.25) is 0 Å². The molecule has 3 rings (SSSR count). The molecule has 1 aromatic heterocycles. The maximum atomic E-state index is 14.1. The van der Waals surface area contributed by atoms with Crippen LogP contribution in [-0.2, 0) is 14.6 Å². The Balaban J connectivity index is 1.84. The fourth-order valence-electron chi connectivity index (χ4n) is 2.22. The summed E-state index contributed by atoms with van der Waals surface area (Å²) in [6.45, 7) is 0. The molecule has 1 aliphatic rings. The van der Waals surface area contributed by atoms with Gasteiger partial charge in [0.25, 0.3) is 0 Å². The van der Waals surface area contributed by atoms with Crippen LogP contribution in [0.15, 0.2) is 24.5 Å². The van der Waals surface area contributed by atoms with E-state index in [0.717, 1.165) is 6.26 Å². The van der Waals surface area contributed by atoms with Crippen molar-refractivity contribution < 1.29 is 17.6 Å². The van der Waals surface area contributed by atoms with Crippen molar-refractivity contribution in [2.45, 2.75) is 17.6 Å². The van der Waals surface area contributed by atoms with Gasteiger partial charge in [-0.1, -0.05) is 0 Å². The minimum absolute atomic E-state index is 0.0665. The Hall–Kier alpha value is -2.29. The second-order valence-electron chi connectivity index (χ2n) is 5.25. The van der Waals surface area contributed by atoms with Gasteiger partial charge in [0.05, 0.1) is 5.69 Å². The molecular formula is C13H13FN4O3S. The number of hydrogen-bond acceptors (Lipinski definition) is 5. The second-order valence-corrected chi connectivity index (χ2v) is 7.58. The molecule has 1 heterocycles. The number of aromatic amines is 1. The lowest BCUT2D eigenvalue weighted by atomic mass is 10.2. The summed E-state index contributed by atoms with van der Waals surface area (Å²) in [5.74, 6) is -0.973. The normalized spacial score (nSPS) is 16.3. The highest BCUT2D eigenvalue weighted by Crippen LogP contribution is 2.44. The maximum Gasteiger partial charge on any atom is 0.245 e. The van der Waals surface area contributed by atoms with Gasteiger partial charge in [-0.05, 0) is 31.0 Å². The molecule has 2 aromatic rings. The molecule has 0 aliphatic heterocycles. The molecule has 1 saturated carbocycles. The molecule has 0 unspecified atom stereocenters. The number of hydrogen-bond donors (Lipinski definition) is 2. The van der Waals surface area contributed by atoms with Gasteiger partial charge in [-0.3, -0.25) is 9.89 Å². The van der Waals surface area contributed by atoms with Crippen LogP contribution in [0.1, 0.15) is 12.8 Å². The van der Waals surface area contributed by atoms with Gasteiger partial charge in [-0.15, -0.1) is 0 Å². The van der Waals surface area contributed by atoms with Crippen molar-refractivity contribution in [2.24, 2.45) is 0 Å². The zero-order valence-electron chi connectivity index (χ0n) is 11.6. The highest BCUT2D eigenvalue weighted by atomic mass is 32.2. The van der Waals surface area contributed by atoms with Crippen LogP contribution in [0.5, 0.6) is 0 Å². The molecule has 0 atom stereocenters. The number of amides is 1. The SMILES string of the molecule is CS(=O)(=O)C1(C(=O)Nc2ccc(-c3ncn[nH]3)cc2F)CC1. The van der Waals surface area contributed by atoms with Crippen molar-refractivity contribution in [3.8, 4) is 11.4 Å². The van der Waals surface area contributed by atoms with Crippen LogP contribution >= 0.6 is 0 Å². The van der Waals surface area contributed by atoms with Gasteiger partial charge in [0.2, 0.25) is 5.91 Å². The molecule has 0 saturated heterocycles. The summed E-state index contributed by atoms with van der Waals surface area (Å²) in [6.07, 6.45) is 2.83. The molecule has 2 N–H and O–H groups in total. The van der Waals surface area contributed by atoms with E-state index in [9.17, 15) is 17.6 Å². The molecule has 9 heteroatoms. The molecule has 1 aromatic carbocycles. The van der Waals surface area contributed by atoms with Gasteiger partial charge in [0, 0.05) is 11.8 Å². The van der Waals surface area contributed by atoms with Crippen molar-refractivity contribution in [3.63, 3.8) is 0 Å². The van der Waals surface area contributed by atoms with Crippen molar-refractivity contribution in [2.75, 3.05) is 11.6 Å².